The van der Waals surface area contributed by atoms with E-state index >= 15 is 0 Å². The van der Waals surface area contributed by atoms with E-state index < -0.39 is 0 Å². The minimum Gasteiger partial charge on any atom is -0.346 e. The number of aryl methyl sites for hydroxylation is 1. The van der Waals surface area contributed by atoms with E-state index in [4.69, 9.17) is 0 Å². The van der Waals surface area contributed by atoms with Crippen LogP contribution in [0, 0.1) is 0 Å². The fourth-order valence-electron chi connectivity index (χ4n) is 1.48. The predicted molar refractivity (Wildman–Crippen MR) is 70.3 cm³/mol. The molecule has 1 heterocycles. The van der Waals surface area contributed by atoms with Gasteiger partial charge in [-0.3, -0.25) is 0 Å². The van der Waals surface area contributed by atoms with E-state index in [2.05, 4.69) is 40.3 Å². The maximum Gasteiger partial charge on any atom is 0.205 e. The monoisotopic (exact) mass is 242 g/mol. The summed E-state index contributed by atoms with van der Waals surface area (Å²) in [4.78, 5) is 6.83. The Morgan fingerprint density at radius 2 is 2.12 bits per heavy atom. The van der Waals surface area contributed by atoms with Gasteiger partial charge in [-0.1, -0.05) is 13.8 Å². The lowest BCUT2D eigenvalue weighted by Crippen LogP contribution is -2.31. The number of hydrogen-bond donors (Lipinski definition) is 1. The van der Waals surface area contributed by atoms with Crippen molar-refractivity contribution in [2.75, 3.05) is 31.1 Å². The minimum absolute atomic E-state index is 0.987. The highest BCUT2D eigenvalue weighted by Gasteiger charge is 2.09. The van der Waals surface area contributed by atoms with E-state index in [9.17, 15) is 0 Å². The van der Waals surface area contributed by atoms with Gasteiger partial charge < -0.3 is 10.2 Å². The van der Waals surface area contributed by atoms with E-state index in [-0.39, 0.29) is 0 Å². The van der Waals surface area contributed by atoms with Gasteiger partial charge in [0, 0.05) is 37.6 Å². The van der Waals surface area contributed by atoms with Gasteiger partial charge in [-0.25, -0.2) is 4.98 Å². The van der Waals surface area contributed by atoms with Crippen molar-refractivity contribution in [1.29, 1.82) is 0 Å². The first-order chi connectivity index (χ1) is 7.81. The van der Waals surface area contributed by atoms with Gasteiger partial charge in [0.2, 0.25) is 5.13 Å². The first-order valence-corrected chi connectivity index (χ1v) is 6.87. The molecule has 92 valence electrons. The number of rotatable bonds is 8. The Morgan fingerprint density at radius 1 is 1.31 bits per heavy atom. The minimum atomic E-state index is 0.987. The number of nitrogens with one attached hydrogen (secondary N) is 1. The van der Waals surface area contributed by atoms with Gasteiger partial charge in [0.15, 0.2) is 0 Å². The standard InChI is InChI=1S/C11H22N4S/c1-4-7-10-13-11(16-14-10)15(6-3)9-8-12-5-2/h12H,4-9H2,1-3H3. The van der Waals surface area contributed by atoms with Gasteiger partial charge in [-0.15, -0.1) is 0 Å². The lowest BCUT2D eigenvalue weighted by atomic mass is 10.3. The van der Waals surface area contributed by atoms with Crippen LogP contribution in [0.2, 0.25) is 0 Å². The normalized spacial score (nSPS) is 10.7. The van der Waals surface area contributed by atoms with Crippen LogP contribution in [0.4, 0.5) is 5.13 Å². The van der Waals surface area contributed by atoms with Crippen LogP contribution in [0.1, 0.15) is 33.0 Å². The number of nitrogens with zero attached hydrogens (tertiary/aromatic N) is 3. The van der Waals surface area contributed by atoms with Crippen LogP contribution < -0.4 is 10.2 Å². The third-order valence-electron chi connectivity index (χ3n) is 2.39. The van der Waals surface area contributed by atoms with Gasteiger partial charge in [0.25, 0.3) is 0 Å². The van der Waals surface area contributed by atoms with E-state index in [1.807, 2.05) is 0 Å². The summed E-state index contributed by atoms with van der Waals surface area (Å²) < 4.78 is 4.37. The summed E-state index contributed by atoms with van der Waals surface area (Å²) >= 11 is 1.52. The van der Waals surface area contributed by atoms with E-state index in [0.29, 0.717) is 0 Å². The smallest absolute Gasteiger partial charge is 0.205 e. The molecule has 0 aliphatic rings. The van der Waals surface area contributed by atoms with Crippen molar-refractivity contribution in [3.8, 4) is 0 Å². The molecular weight excluding hydrogens is 220 g/mol. The van der Waals surface area contributed by atoms with Crippen LogP contribution in [0.15, 0.2) is 0 Å². The Morgan fingerprint density at radius 3 is 2.75 bits per heavy atom. The molecule has 5 heteroatoms. The largest absolute Gasteiger partial charge is 0.346 e. The van der Waals surface area contributed by atoms with Crippen LogP contribution in [-0.4, -0.2) is 35.5 Å². The summed E-state index contributed by atoms with van der Waals surface area (Å²) in [5.41, 5.74) is 0. The Bertz CT molecular complexity index is 287. The molecule has 0 radical (unpaired) electrons. The molecule has 0 aliphatic carbocycles. The van der Waals surface area contributed by atoms with Crippen molar-refractivity contribution in [1.82, 2.24) is 14.7 Å². The zero-order chi connectivity index (χ0) is 11.8. The summed E-state index contributed by atoms with van der Waals surface area (Å²) in [6, 6.07) is 0. The van der Waals surface area contributed by atoms with Crippen LogP contribution in [0.5, 0.6) is 0 Å². The van der Waals surface area contributed by atoms with Crippen LogP contribution in [0.25, 0.3) is 0 Å². The molecule has 0 saturated carbocycles. The molecule has 0 aliphatic heterocycles. The molecule has 0 aromatic carbocycles. The SMILES string of the molecule is CCCc1nsc(N(CC)CCNCC)n1. The third kappa shape index (κ3) is 4.06. The molecule has 4 nitrogen and oxygen atoms in total. The van der Waals surface area contributed by atoms with Gasteiger partial charge in [0.05, 0.1) is 0 Å². The molecule has 0 amide bonds. The highest BCUT2D eigenvalue weighted by atomic mass is 32.1. The molecule has 1 rings (SSSR count). The van der Waals surface area contributed by atoms with Gasteiger partial charge in [0.1, 0.15) is 5.82 Å². The Labute approximate surface area is 102 Å². The lowest BCUT2D eigenvalue weighted by Gasteiger charge is -2.18. The number of aromatic nitrogens is 2. The molecule has 0 unspecified atom stereocenters. The third-order valence-corrected chi connectivity index (χ3v) is 3.21. The summed E-state index contributed by atoms with van der Waals surface area (Å²) in [6.07, 6.45) is 2.10. The second-order valence-electron chi connectivity index (χ2n) is 3.68. The molecular formula is C11H22N4S. The lowest BCUT2D eigenvalue weighted by molar-refractivity contribution is 0.686. The van der Waals surface area contributed by atoms with Gasteiger partial charge in [-0.2, -0.15) is 4.37 Å². The topological polar surface area (TPSA) is 41.1 Å². The van der Waals surface area contributed by atoms with E-state index in [0.717, 1.165) is 50.0 Å². The zero-order valence-corrected chi connectivity index (χ0v) is 11.3. The van der Waals surface area contributed by atoms with Crippen LogP contribution in [0.3, 0.4) is 0 Å². The maximum absolute atomic E-state index is 4.56. The molecule has 0 atom stereocenters. The molecule has 1 N–H and O–H groups in total. The molecule has 1 aromatic rings. The second kappa shape index (κ2) is 7.57. The Hall–Kier alpha value is -0.680. The maximum atomic E-state index is 4.56. The molecule has 0 saturated heterocycles. The fourth-order valence-corrected chi connectivity index (χ4v) is 2.28. The molecule has 0 fully saturated rings. The average Bonchev–Trinajstić information content (AvgIpc) is 2.74. The van der Waals surface area contributed by atoms with Crippen molar-refractivity contribution >= 4 is 16.7 Å². The van der Waals surface area contributed by atoms with Crippen molar-refractivity contribution in [2.45, 2.75) is 33.6 Å². The molecule has 1 aromatic heterocycles. The quantitative estimate of drug-likeness (QED) is 0.707. The molecule has 16 heavy (non-hydrogen) atoms. The summed E-state index contributed by atoms with van der Waals surface area (Å²) in [6.45, 7) is 10.5. The summed E-state index contributed by atoms with van der Waals surface area (Å²) in [5, 5.41) is 4.39. The van der Waals surface area contributed by atoms with Crippen molar-refractivity contribution < 1.29 is 0 Å². The summed E-state index contributed by atoms with van der Waals surface area (Å²) in [7, 11) is 0. The van der Waals surface area contributed by atoms with Crippen molar-refractivity contribution in [2.24, 2.45) is 0 Å². The van der Waals surface area contributed by atoms with Gasteiger partial charge >= 0.3 is 0 Å². The van der Waals surface area contributed by atoms with Gasteiger partial charge in [-0.05, 0) is 19.9 Å². The highest BCUT2D eigenvalue weighted by Crippen LogP contribution is 2.17. The Kier molecular flexibility index (Phi) is 6.33. The molecule has 0 spiro atoms. The Balaban J connectivity index is 2.49. The second-order valence-corrected chi connectivity index (χ2v) is 4.41. The number of hydrogen-bond acceptors (Lipinski definition) is 5. The first kappa shape index (κ1) is 13.4. The van der Waals surface area contributed by atoms with Crippen molar-refractivity contribution in [3.63, 3.8) is 0 Å². The predicted octanol–water partition coefficient (Wildman–Crippen LogP) is 1.93. The number of anilines is 1. The average molecular weight is 242 g/mol. The zero-order valence-electron chi connectivity index (χ0n) is 10.5. The van der Waals surface area contributed by atoms with E-state index in [1.54, 1.807) is 0 Å². The van der Waals surface area contributed by atoms with Crippen LogP contribution >= 0.6 is 11.5 Å². The first-order valence-electron chi connectivity index (χ1n) is 6.10. The molecule has 0 bridgehead atoms. The van der Waals surface area contributed by atoms with Crippen molar-refractivity contribution in [3.05, 3.63) is 5.82 Å². The summed E-state index contributed by atoms with van der Waals surface area (Å²) in [5.74, 6) is 0.990. The van der Waals surface area contributed by atoms with Crippen LogP contribution in [-0.2, 0) is 6.42 Å². The number of likely N-dealkylation sites (N-methyl/N-ethyl adjacent to an activating group) is 2. The van der Waals surface area contributed by atoms with E-state index in [1.165, 1.54) is 11.5 Å². The highest BCUT2D eigenvalue weighted by molar-refractivity contribution is 7.09. The fraction of sp³-hybridized carbons (Fsp3) is 0.818.